The summed E-state index contributed by atoms with van der Waals surface area (Å²) in [5, 5.41) is 0. The normalized spacial score (nSPS) is 16.1. The summed E-state index contributed by atoms with van der Waals surface area (Å²) in [4.78, 5) is 18.7. The number of benzene rings is 2. The highest BCUT2D eigenvalue weighted by molar-refractivity contribution is 7.99. The van der Waals surface area contributed by atoms with Crippen LogP contribution in [0.2, 0.25) is 0 Å². The number of ether oxygens (including phenoxy) is 1. The Morgan fingerprint density at radius 2 is 1.79 bits per heavy atom. The fourth-order valence-corrected chi connectivity index (χ4v) is 4.74. The lowest BCUT2D eigenvalue weighted by Crippen LogP contribution is -2.51. The van der Waals surface area contributed by atoms with Gasteiger partial charge in [0.15, 0.2) is 6.23 Å². The maximum atomic E-state index is 11.3. The van der Waals surface area contributed by atoms with E-state index >= 15 is 0 Å². The number of piperazine rings is 1. The highest BCUT2D eigenvalue weighted by Gasteiger charge is 2.25. The van der Waals surface area contributed by atoms with Gasteiger partial charge in [-0.15, -0.1) is 0 Å². The summed E-state index contributed by atoms with van der Waals surface area (Å²) in [6, 6.07) is 15.3. The van der Waals surface area contributed by atoms with Crippen LogP contribution in [-0.2, 0) is 9.53 Å². The molecule has 2 aromatic carbocycles. The number of nitrogens with zero attached hydrogens (tertiary/aromatic N) is 2. The van der Waals surface area contributed by atoms with Crippen molar-refractivity contribution in [2.75, 3.05) is 31.1 Å². The first-order chi connectivity index (χ1) is 13.5. The van der Waals surface area contributed by atoms with Gasteiger partial charge in [0.2, 0.25) is 0 Å². The summed E-state index contributed by atoms with van der Waals surface area (Å²) in [5.74, 6) is -0.204. The molecule has 0 N–H and O–H groups in total. The first-order valence-electron chi connectivity index (χ1n) is 9.98. The van der Waals surface area contributed by atoms with Gasteiger partial charge in [-0.05, 0) is 44.0 Å². The zero-order chi connectivity index (χ0) is 20.1. The highest BCUT2D eigenvalue weighted by Crippen LogP contribution is 2.37. The molecule has 0 spiro atoms. The van der Waals surface area contributed by atoms with Crippen molar-refractivity contribution < 1.29 is 9.53 Å². The van der Waals surface area contributed by atoms with Crippen LogP contribution in [0.15, 0.2) is 52.3 Å². The number of para-hydroxylation sites is 1. The minimum Gasteiger partial charge on any atom is -0.447 e. The second-order valence-electron chi connectivity index (χ2n) is 7.33. The molecule has 5 heteroatoms. The number of aryl methyl sites for hydroxylation is 2. The molecular weight excluding hydrogens is 368 g/mol. The third-order valence-electron chi connectivity index (χ3n) is 5.13. The molecule has 1 heterocycles. The minimum absolute atomic E-state index is 0.112. The van der Waals surface area contributed by atoms with E-state index < -0.39 is 0 Å². The molecule has 1 saturated heterocycles. The molecule has 1 fully saturated rings. The molecule has 0 unspecified atom stereocenters. The third-order valence-corrected chi connectivity index (χ3v) is 6.37. The van der Waals surface area contributed by atoms with Crippen molar-refractivity contribution in [3.8, 4) is 0 Å². The van der Waals surface area contributed by atoms with Crippen molar-refractivity contribution >= 4 is 23.4 Å². The maximum absolute atomic E-state index is 11.3. The second-order valence-corrected chi connectivity index (χ2v) is 8.42. The molecule has 2 aromatic rings. The van der Waals surface area contributed by atoms with E-state index in [-0.39, 0.29) is 12.2 Å². The number of hydrogen-bond donors (Lipinski definition) is 0. The van der Waals surface area contributed by atoms with Crippen LogP contribution < -0.4 is 4.90 Å². The van der Waals surface area contributed by atoms with Crippen LogP contribution in [0, 0.1) is 13.8 Å². The Hall–Kier alpha value is -1.98. The summed E-state index contributed by atoms with van der Waals surface area (Å²) in [5.41, 5.74) is 3.90. The van der Waals surface area contributed by atoms with Crippen LogP contribution in [-0.4, -0.2) is 43.3 Å². The van der Waals surface area contributed by atoms with Gasteiger partial charge in [-0.1, -0.05) is 48.5 Å². The average molecular weight is 399 g/mol. The molecule has 28 heavy (non-hydrogen) atoms. The number of anilines is 1. The molecule has 1 aliphatic rings. The molecule has 0 aliphatic carbocycles. The summed E-state index contributed by atoms with van der Waals surface area (Å²) >= 11 is 1.84. The van der Waals surface area contributed by atoms with Crippen LogP contribution in [0.5, 0.6) is 0 Å². The van der Waals surface area contributed by atoms with E-state index in [9.17, 15) is 4.79 Å². The van der Waals surface area contributed by atoms with Crippen molar-refractivity contribution in [2.24, 2.45) is 0 Å². The van der Waals surface area contributed by atoms with Gasteiger partial charge >= 0.3 is 5.97 Å². The second kappa shape index (κ2) is 9.48. The number of rotatable bonds is 6. The summed E-state index contributed by atoms with van der Waals surface area (Å²) in [6.07, 6.45) is 0.707. The molecular formula is C23H30N2O2S. The molecule has 0 saturated carbocycles. The van der Waals surface area contributed by atoms with Crippen molar-refractivity contribution in [3.63, 3.8) is 0 Å². The molecule has 150 valence electrons. The Morgan fingerprint density at radius 3 is 2.43 bits per heavy atom. The van der Waals surface area contributed by atoms with E-state index in [2.05, 4.69) is 73.0 Å². The Labute approximate surface area is 172 Å². The van der Waals surface area contributed by atoms with Gasteiger partial charge in [0.25, 0.3) is 0 Å². The molecule has 0 radical (unpaired) electrons. The highest BCUT2D eigenvalue weighted by atomic mass is 32.2. The van der Waals surface area contributed by atoms with Crippen molar-refractivity contribution in [2.45, 2.75) is 50.1 Å². The quantitative estimate of drug-likeness (QED) is 0.648. The maximum Gasteiger partial charge on any atom is 0.304 e. The molecule has 0 aromatic heterocycles. The number of carbonyl (C=O) groups excluding carboxylic acids is 1. The van der Waals surface area contributed by atoms with Gasteiger partial charge < -0.3 is 9.64 Å². The van der Waals surface area contributed by atoms with E-state index in [0.29, 0.717) is 0 Å². The Kier molecular flexibility index (Phi) is 7.03. The fourth-order valence-electron chi connectivity index (χ4n) is 3.70. The largest absolute Gasteiger partial charge is 0.447 e. The van der Waals surface area contributed by atoms with Gasteiger partial charge in [0.1, 0.15) is 0 Å². The fraction of sp³-hybridized carbons (Fsp3) is 0.435. The third kappa shape index (κ3) is 5.09. The lowest BCUT2D eigenvalue weighted by molar-refractivity contribution is -0.157. The summed E-state index contributed by atoms with van der Waals surface area (Å²) in [6.45, 7) is 11.5. The zero-order valence-electron chi connectivity index (χ0n) is 17.3. The Morgan fingerprint density at radius 1 is 1.07 bits per heavy atom. The van der Waals surface area contributed by atoms with Gasteiger partial charge in [-0.25, -0.2) is 0 Å². The van der Waals surface area contributed by atoms with E-state index in [1.807, 2.05) is 11.8 Å². The van der Waals surface area contributed by atoms with Crippen molar-refractivity contribution in [1.82, 2.24) is 4.90 Å². The first-order valence-corrected chi connectivity index (χ1v) is 10.8. The molecule has 1 atom stereocenters. The van der Waals surface area contributed by atoms with Crippen LogP contribution in [0.4, 0.5) is 5.69 Å². The minimum atomic E-state index is -0.204. The molecule has 3 rings (SSSR count). The number of hydrogen-bond acceptors (Lipinski definition) is 5. The van der Waals surface area contributed by atoms with E-state index in [1.165, 1.54) is 33.5 Å². The SMILES string of the molecule is CC[C@@H](OC(C)=O)N1CCN(c2ccccc2Sc2ccc(C)cc2C)CC1. The van der Waals surface area contributed by atoms with Crippen molar-refractivity contribution in [1.29, 1.82) is 0 Å². The van der Waals surface area contributed by atoms with Gasteiger partial charge in [0.05, 0.1) is 5.69 Å². The van der Waals surface area contributed by atoms with E-state index in [4.69, 9.17) is 4.74 Å². The Balaban J connectivity index is 1.71. The number of carbonyl (C=O) groups is 1. The van der Waals surface area contributed by atoms with E-state index in [1.54, 1.807) is 0 Å². The standard InChI is InChI=1S/C23H30N2O2S/c1-5-23(27-19(4)26)25-14-12-24(13-15-25)20-8-6-7-9-22(20)28-21-11-10-17(2)16-18(21)3/h6-11,16,23H,5,12-15H2,1-4H3/t23-/m1/s1. The summed E-state index contributed by atoms with van der Waals surface area (Å²) < 4.78 is 5.47. The van der Waals surface area contributed by atoms with Crippen LogP contribution >= 0.6 is 11.8 Å². The topological polar surface area (TPSA) is 32.8 Å². The first kappa shape index (κ1) is 20.7. The molecule has 0 bridgehead atoms. The predicted molar refractivity (Wildman–Crippen MR) is 116 cm³/mol. The predicted octanol–water partition coefficient (Wildman–Crippen LogP) is 4.88. The van der Waals surface area contributed by atoms with E-state index in [0.717, 1.165) is 32.6 Å². The average Bonchev–Trinajstić information content (AvgIpc) is 2.69. The summed E-state index contributed by atoms with van der Waals surface area (Å²) in [7, 11) is 0. The van der Waals surface area contributed by atoms with Gasteiger partial charge in [0, 0.05) is 42.9 Å². The molecule has 4 nitrogen and oxygen atoms in total. The van der Waals surface area contributed by atoms with Gasteiger partial charge in [-0.3, -0.25) is 9.69 Å². The lowest BCUT2D eigenvalue weighted by Gasteiger charge is -2.39. The van der Waals surface area contributed by atoms with Crippen LogP contribution in [0.25, 0.3) is 0 Å². The monoisotopic (exact) mass is 398 g/mol. The lowest BCUT2D eigenvalue weighted by atomic mass is 10.2. The van der Waals surface area contributed by atoms with Gasteiger partial charge in [-0.2, -0.15) is 0 Å². The van der Waals surface area contributed by atoms with Crippen LogP contribution in [0.1, 0.15) is 31.4 Å². The van der Waals surface area contributed by atoms with Crippen molar-refractivity contribution in [3.05, 3.63) is 53.6 Å². The smallest absolute Gasteiger partial charge is 0.304 e. The number of esters is 1. The Bertz CT molecular complexity index is 816. The zero-order valence-corrected chi connectivity index (χ0v) is 18.1. The molecule has 1 aliphatic heterocycles. The van der Waals surface area contributed by atoms with Crippen LogP contribution in [0.3, 0.4) is 0 Å². The molecule has 0 amide bonds.